The zero-order valence-corrected chi connectivity index (χ0v) is 41.3. The molecule has 5 aliphatic heterocycles. The Kier molecular flexibility index (Phi) is 22.8. The number of pyridine rings is 2. The lowest BCUT2D eigenvalue weighted by atomic mass is 10.2. The fraction of sp³-hybridized carbons (Fsp3) is 0.652. The molecule has 0 atom stereocenters. The molecule has 3 fully saturated rings. The molecule has 0 aromatic carbocycles. The average Bonchev–Trinajstić information content (AvgIpc) is 3.33. The Morgan fingerprint density at radius 3 is 1.18 bits per heavy atom. The van der Waals surface area contributed by atoms with Crippen molar-refractivity contribution in [1.29, 1.82) is 0 Å². The second-order valence-electron chi connectivity index (χ2n) is 17.0. The third kappa shape index (κ3) is 18.8. The van der Waals surface area contributed by atoms with Crippen molar-refractivity contribution in [1.82, 2.24) is 59.8 Å². The smallest absolute Gasteiger partial charge is 0.236 e. The van der Waals surface area contributed by atoms with E-state index in [4.69, 9.17) is 14.5 Å². The van der Waals surface area contributed by atoms with E-state index < -0.39 is 0 Å². The summed E-state index contributed by atoms with van der Waals surface area (Å²) >= 11 is 3.12. The van der Waals surface area contributed by atoms with Crippen LogP contribution in [-0.4, -0.2) is 234 Å². The van der Waals surface area contributed by atoms with E-state index >= 15 is 0 Å². The topological polar surface area (TPSA) is 197 Å². The number of hydrogen-bond acceptors (Lipinski definition) is 14. The summed E-state index contributed by atoms with van der Waals surface area (Å²) in [4.78, 5) is 95.7. The number of ether oxygens (including phenoxy) is 2. The molecule has 5 aliphatic rings. The van der Waals surface area contributed by atoms with E-state index in [0.29, 0.717) is 123 Å². The number of carbonyl (C=O) groups excluding carboxylic acids is 6. The number of carbonyl (C=O) groups is 6. The number of nitrogens with one attached hydrogen (secondary N) is 2. The minimum absolute atomic E-state index is 0.0451. The maximum Gasteiger partial charge on any atom is 0.236 e. The van der Waals surface area contributed by atoms with Crippen molar-refractivity contribution >= 4 is 51.4 Å². The van der Waals surface area contributed by atoms with Crippen LogP contribution in [0.4, 0.5) is 0 Å². The molecule has 7 heterocycles. The second kappa shape index (κ2) is 28.6. The largest absolute Gasteiger partial charge is 0.379 e. The molecule has 0 radical (unpaired) electrons. The molecule has 20 nitrogen and oxygen atoms in total. The van der Waals surface area contributed by atoms with Crippen LogP contribution >= 0.6 is 15.9 Å². The highest BCUT2D eigenvalue weighted by Crippen LogP contribution is 2.12. The fourth-order valence-corrected chi connectivity index (χ4v) is 8.46. The average molecular weight is 1000 g/mol. The van der Waals surface area contributed by atoms with Crippen LogP contribution in [0.1, 0.15) is 43.5 Å². The van der Waals surface area contributed by atoms with E-state index in [-0.39, 0.29) is 48.5 Å². The third-order valence-electron chi connectivity index (χ3n) is 12.1. The Balaban J connectivity index is 0.000000242. The number of fused-ring (bicyclic) bond motifs is 4. The molecule has 67 heavy (non-hydrogen) atoms. The van der Waals surface area contributed by atoms with Crippen molar-refractivity contribution < 1.29 is 38.2 Å². The van der Waals surface area contributed by atoms with Crippen molar-refractivity contribution in [3.63, 3.8) is 0 Å². The van der Waals surface area contributed by atoms with Gasteiger partial charge in [-0.1, -0.05) is 28.1 Å². The molecule has 4 bridgehead atoms. The number of piperazine rings is 3. The first-order chi connectivity index (χ1) is 32.4. The van der Waals surface area contributed by atoms with Crippen molar-refractivity contribution in [2.75, 3.05) is 150 Å². The van der Waals surface area contributed by atoms with E-state index in [1.165, 1.54) is 0 Å². The summed E-state index contributed by atoms with van der Waals surface area (Å²) in [6.45, 7) is 20.4. The van der Waals surface area contributed by atoms with Gasteiger partial charge in [-0.2, -0.15) is 0 Å². The van der Waals surface area contributed by atoms with Gasteiger partial charge in [0.05, 0.1) is 67.6 Å². The normalized spacial score (nSPS) is 19.4. The minimum atomic E-state index is 0.0451. The van der Waals surface area contributed by atoms with Gasteiger partial charge in [-0.25, -0.2) is 0 Å². The minimum Gasteiger partial charge on any atom is -0.379 e. The predicted molar refractivity (Wildman–Crippen MR) is 254 cm³/mol. The molecule has 2 N–H and O–H groups in total. The van der Waals surface area contributed by atoms with Gasteiger partial charge in [-0.3, -0.25) is 48.5 Å². The van der Waals surface area contributed by atoms with Gasteiger partial charge in [0.25, 0.3) is 0 Å². The summed E-state index contributed by atoms with van der Waals surface area (Å²) < 4.78 is 11.4. The molecule has 3 saturated heterocycles. The number of nitrogens with zero attached hydrogens (tertiary/aromatic N) is 10. The summed E-state index contributed by atoms with van der Waals surface area (Å²) in [5, 5.41) is 6.98. The van der Waals surface area contributed by atoms with Crippen molar-refractivity contribution in [3.8, 4) is 0 Å². The first kappa shape index (κ1) is 53.3. The Labute approximate surface area is 403 Å². The van der Waals surface area contributed by atoms with Crippen LogP contribution in [0.5, 0.6) is 0 Å². The van der Waals surface area contributed by atoms with E-state index in [9.17, 15) is 28.8 Å². The standard InChI is InChI=1S/C27H41N7O5.C11H17N3O.C8H13BrN2O2/c1-22(35)31-6-10-33(11-7-31)26(37)20-29-14-16-39-17-15-30(19-25-5-3-4-24(18-29)28-25)21-27(38)34-12-8-32(9-13-34)23(2)36;1-2-10-8-12-4-6-15-7-5-13-9-11(3-1)14-10;1-7(12)10-2-4-11(5-3-10)8(13)6-9/h3-5H,6-21H2,1-2H3;1-3,12-13H,4-9H2;2-6H2,1H3. The Hall–Kier alpha value is -4.64. The number of alkyl halides is 1. The zero-order valence-electron chi connectivity index (χ0n) is 39.7. The lowest BCUT2D eigenvalue weighted by molar-refractivity contribution is -0.139. The first-order valence-corrected chi connectivity index (χ1v) is 24.6. The first-order valence-electron chi connectivity index (χ1n) is 23.5. The zero-order chi connectivity index (χ0) is 48.0. The van der Waals surface area contributed by atoms with Gasteiger partial charge < -0.3 is 49.5 Å². The highest BCUT2D eigenvalue weighted by molar-refractivity contribution is 9.09. The summed E-state index contributed by atoms with van der Waals surface area (Å²) in [6, 6.07) is 12.0. The summed E-state index contributed by atoms with van der Waals surface area (Å²) in [5.41, 5.74) is 3.92. The van der Waals surface area contributed by atoms with Crippen LogP contribution < -0.4 is 10.6 Å². The molecule has 21 heteroatoms. The monoisotopic (exact) mass is 998 g/mol. The lowest BCUT2D eigenvalue weighted by Crippen LogP contribution is -2.52. The van der Waals surface area contributed by atoms with Crippen LogP contribution in [0.15, 0.2) is 36.4 Å². The summed E-state index contributed by atoms with van der Waals surface area (Å²) in [6.07, 6.45) is 0. The van der Waals surface area contributed by atoms with Crippen molar-refractivity contribution in [3.05, 3.63) is 59.2 Å². The molecule has 0 unspecified atom stereocenters. The highest BCUT2D eigenvalue weighted by Gasteiger charge is 2.27. The van der Waals surface area contributed by atoms with Crippen LogP contribution in [0.25, 0.3) is 0 Å². The molecule has 2 aromatic rings. The molecule has 2 aromatic heterocycles. The fourth-order valence-electron chi connectivity index (χ4n) is 8.11. The number of aromatic nitrogens is 2. The molecule has 0 aliphatic carbocycles. The van der Waals surface area contributed by atoms with Gasteiger partial charge in [0, 0.05) is 152 Å². The van der Waals surface area contributed by atoms with Crippen LogP contribution in [0.3, 0.4) is 0 Å². The maximum absolute atomic E-state index is 13.0. The number of amides is 6. The second-order valence-corrected chi connectivity index (χ2v) is 17.6. The van der Waals surface area contributed by atoms with Crippen LogP contribution in [-0.2, 0) is 64.4 Å². The molecular formula is C46H71BrN12O8. The van der Waals surface area contributed by atoms with Gasteiger partial charge in [-0.15, -0.1) is 0 Å². The Morgan fingerprint density at radius 1 is 0.478 bits per heavy atom. The molecule has 0 saturated carbocycles. The quantitative estimate of drug-likeness (QED) is 0.363. The summed E-state index contributed by atoms with van der Waals surface area (Å²) in [7, 11) is 0. The van der Waals surface area contributed by atoms with E-state index in [0.717, 1.165) is 62.2 Å². The van der Waals surface area contributed by atoms with Crippen LogP contribution in [0, 0.1) is 0 Å². The molecule has 0 spiro atoms. The molecule has 6 amide bonds. The molecular weight excluding hydrogens is 928 g/mol. The molecule has 7 rings (SSSR count). The van der Waals surface area contributed by atoms with Gasteiger partial charge >= 0.3 is 0 Å². The lowest BCUT2D eigenvalue weighted by Gasteiger charge is -2.35. The third-order valence-corrected chi connectivity index (χ3v) is 12.6. The van der Waals surface area contributed by atoms with Crippen molar-refractivity contribution in [2.24, 2.45) is 0 Å². The number of rotatable bonds is 5. The maximum atomic E-state index is 13.0. The van der Waals surface area contributed by atoms with Gasteiger partial charge in [0.1, 0.15) is 0 Å². The number of hydrogen-bond donors (Lipinski definition) is 2. The Morgan fingerprint density at radius 2 is 0.806 bits per heavy atom. The van der Waals surface area contributed by atoms with Crippen LogP contribution in [0.2, 0.25) is 0 Å². The Bertz CT molecular complexity index is 1810. The summed E-state index contributed by atoms with van der Waals surface area (Å²) in [5.74, 6) is 0.382. The highest BCUT2D eigenvalue weighted by atomic mass is 79.9. The predicted octanol–water partition coefficient (Wildman–Crippen LogP) is -0.540. The number of halogens is 1. The van der Waals surface area contributed by atoms with Gasteiger partial charge in [-0.05, 0) is 24.3 Å². The van der Waals surface area contributed by atoms with Gasteiger partial charge in [0.15, 0.2) is 0 Å². The van der Waals surface area contributed by atoms with Crippen molar-refractivity contribution in [2.45, 2.75) is 47.0 Å². The van der Waals surface area contributed by atoms with E-state index in [2.05, 4.69) is 47.4 Å². The van der Waals surface area contributed by atoms with E-state index in [1.54, 1.807) is 40.4 Å². The van der Waals surface area contributed by atoms with E-state index in [1.807, 2.05) is 40.1 Å². The SMILES string of the molecule is CC(=O)N1CCN(C(=O)CBr)CC1.CC(=O)N1CCN(C(=O)CN2CCOCCN(CC(=O)N3CCN(C(C)=O)CC3)Cc3cccc(n3)C2)CC1.c1cc2nc(c1)CNCCOCCNC2. The van der Waals surface area contributed by atoms with Gasteiger partial charge in [0.2, 0.25) is 35.4 Å². The molecule has 370 valence electrons.